The van der Waals surface area contributed by atoms with E-state index < -0.39 is 0 Å². The standard InChI is InChI=1S/C16H26N2/c1-12-5-3-4-6-14(12)11-13(2)18-16-9-7-15(17)8-10-16/h3-6,13,15-16,18H,7-11,17H2,1-2H3. The van der Waals surface area contributed by atoms with E-state index >= 15 is 0 Å². The third-order valence-electron chi connectivity index (χ3n) is 4.08. The fraction of sp³-hybridized carbons (Fsp3) is 0.625. The summed E-state index contributed by atoms with van der Waals surface area (Å²) in [5.74, 6) is 0. The maximum Gasteiger partial charge on any atom is 0.00818 e. The first-order valence-electron chi connectivity index (χ1n) is 7.21. The molecule has 0 heterocycles. The van der Waals surface area contributed by atoms with Gasteiger partial charge in [0.1, 0.15) is 0 Å². The first kappa shape index (κ1) is 13.6. The van der Waals surface area contributed by atoms with Gasteiger partial charge in [-0.15, -0.1) is 0 Å². The number of aryl methyl sites for hydroxylation is 1. The molecular formula is C16H26N2. The number of nitrogens with two attached hydrogens (primary N) is 1. The quantitative estimate of drug-likeness (QED) is 0.857. The van der Waals surface area contributed by atoms with Crippen molar-refractivity contribution in [1.82, 2.24) is 5.32 Å². The van der Waals surface area contributed by atoms with Crippen molar-refractivity contribution in [2.45, 2.75) is 64.1 Å². The maximum absolute atomic E-state index is 5.94. The number of rotatable bonds is 4. The molecule has 1 saturated carbocycles. The molecular weight excluding hydrogens is 220 g/mol. The van der Waals surface area contributed by atoms with Crippen molar-refractivity contribution in [3.8, 4) is 0 Å². The first-order chi connectivity index (χ1) is 8.65. The topological polar surface area (TPSA) is 38.0 Å². The highest BCUT2D eigenvalue weighted by Crippen LogP contribution is 2.18. The first-order valence-corrected chi connectivity index (χ1v) is 7.21. The van der Waals surface area contributed by atoms with Gasteiger partial charge in [0, 0.05) is 18.1 Å². The lowest BCUT2D eigenvalue weighted by molar-refractivity contribution is 0.319. The van der Waals surface area contributed by atoms with Gasteiger partial charge in [0.15, 0.2) is 0 Å². The minimum atomic E-state index is 0.440. The molecule has 2 rings (SSSR count). The zero-order valence-electron chi connectivity index (χ0n) is 11.7. The van der Waals surface area contributed by atoms with Gasteiger partial charge in [-0.05, 0) is 57.1 Å². The van der Waals surface area contributed by atoms with Gasteiger partial charge in [-0.25, -0.2) is 0 Å². The summed E-state index contributed by atoms with van der Waals surface area (Å²) in [6.07, 6.45) is 5.94. The van der Waals surface area contributed by atoms with Crippen LogP contribution in [0.25, 0.3) is 0 Å². The summed E-state index contributed by atoms with van der Waals surface area (Å²) in [5, 5.41) is 3.76. The van der Waals surface area contributed by atoms with Crippen LogP contribution >= 0.6 is 0 Å². The minimum Gasteiger partial charge on any atom is -0.328 e. The Kier molecular flexibility index (Phi) is 4.79. The Balaban J connectivity index is 1.82. The van der Waals surface area contributed by atoms with E-state index in [2.05, 4.69) is 43.4 Å². The zero-order valence-corrected chi connectivity index (χ0v) is 11.7. The predicted octanol–water partition coefficient (Wildman–Crippen LogP) is 2.79. The highest BCUT2D eigenvalue weighted by molar-refractivity contribution is 5.26. The molecule has 0 bridgehead atoms. The van der Waals surface area contributed by atoms with Gasteiger partial charge in [-0.3, -0.25) is 0 Å². The highest BCUT2D eigenvalue weighted by Gasteiger charge is 2.19. The summed E-state index contributed by atoms with van der Waals surface area (Å²) in [6, 6.07) is 10.3. The lowest BCUT2D eigenvalue weighted by atomic mass is 9.91. The average molecular weight is 246 g/mol. The van der Waals surface area contributed by atoms with Crippen LogP contribution in [0.5, 0.6) is 0 Å². The van der Waals surface area contributed by atoms with Crippen molar-refractivity contribution < 1.29 is 0 Å². The molecule has 1 fully saturated rings. The molecule has 1 atom stereocenters. The number of hydrogen-bond donors (Lipinski definition) is 2. The summed E-state index contributed by atoms with van der Waals surface area (Å²) in [6.45, 7) is 4.49. The van der Waals surface area contributed by atoms with Crippen molar-refractivity contribution >= 4 is 0 Å². The van der Waals surface area contributed by atoms with Crippen LogP contribution in [0.3, 0.4) is 0 Å². The Bertz CT molecular complexity index is 367. The predicted molar refractivity (Wildman–Crippen MR) is 77.7 cm³/mol. The SMILES string of the molecule is Cc1ccccc1CC(C)NC1CCC(N)CC1. The summed E-state index contributed by atoms with van der Waals surface area (Å²) in [4.78, 5) is 0. The second kappa shape index (κ2) is 6.35. The minimum absolute atomic E-state index is 0.440. The van der Waals surface area contributed by atoms with Crippen LogP contribution in [0, 0.1) is 6.92 Å². The van der Waals surface area contributed by atoms with Crippen LogP contribution in [-0.2, 0) is 6.42 Å². The number of benzene rings is 1. The Morgan fingerprint density at radius 2 is 1.89 bits per heavy atom. The Morgan fingerprint density at radius 1 is 1.22 bits per heavy atom. The van der Waals surface area contributed by atoms with E-state index in [4.69, 9.17) is 5.73 Å². The number of nitrogens with one attached hydrogen (secondary N) is 1. The van der Waals surface area contributed by atoms with Crippen LogP contribution < -0.4 is 11.1 Å². The van der Waals surface area contributed by atoms with E-state index in [1.165, 1.54) is 36.8 Å². The summed E-state index contributed by atoms with van der Waals surface area (Å²) in [7, 11) is 0. The van der Waals surface area contributed by atoms with Crippen molar-refractivity contribution in [2.24, 2.45) is 5.73 Å². The summed E-state index contributed by atoms with van der Waals surface area (Å²) < 4.78 is 0. The third kappa shape index (κ3) is 3.82. The molecule has 1 unspecified atom stereocenters. The van der Waals surface area contributed by atoms with Gasteiger partial charge in [0.25, 0.3) is 0 Å². The molecule has 2 nitrogen and oxygen atoms in total. The summed E-state index contributed by atoms with van der Waals surface area (Å²) >= 11 is 0. The second-order valence-electron chi connectivity index (χ2n) is 5.81. The average Bonchev–Trinajstić information content (AvgIpc) is 2.35. The van der Waals surface area contributed by atoms with E-state index in [1.54, 1.807) is 0 Å². The van der Waals surface area contributed by atoms with Gasteiger partial charge in [0.2, 0.25) is 0 Å². The summed E-state index contributed by atoms with van der Waals surface area (Å²) in [5.41, 5.74) is 8.81. The lowest BCUT2D eigenvalue weighted by Gasteiger charge is -2.29. The molecule has 18 heavy (non-hydrogen) atoms. The van der Waals surface area contributed by atoms with Crippen LogP contribution in [0.4, 0.5) is 0 Å². The second-order valence-corrected chi connectivity index (χ2v) is 5.81. The van der Waals surface area contributed by atoms with Crippen molar-refractivity contribution in [3.05, 3.63) is 35.4 Å². The van der Waals surface area contributed by atoms with Crippen LogP contribution in [0.15, 0.2) is 24.3 Å². The molecule has 0 aliphatic heterocycles. The van der Waals surface area contributed by atoms with Gasteiger partial charge < -0.3 is 11.1 Å². The zero-order chi connectivity index (χ0) is 13.0. The van der Waals surface area contributed by atoms with E-state index in [-0.39, 0.29) is 0 Å². The van der Waals surface area contributed by atoms with Crippen molar-refractivity contribution in [2.75, 3.05) is 0 Å². The third-order valence-corrected chi connectivity index (χ3v) is 4.08. The smallest absolute Gasteiger partial charge is 0.00818 e. The molecule has 2 heteroatoms. The molecule has 1 aromatic rings. The Hall–Kier alpha value is -0.860. The van der Waals surface area contributed by atoms with Gasteiger partial charge >= 0.3 is 0 Å². The molecule has 100 valence electrons. The van der Waals surface area contributed by atoms with Crippen LogP contribution in [0.1, 0.15) is 43.7 Å². The monoisotopic (exact) mass is 246 g/mol. The van der Waals surface area contributed by atoms with Crippen molar-refractivity contribution in [1.29, 1.82) is 0 Å². The maximum atomic E-state index is 5.94. The molecule has 1 aliphatic carbocycles. The van der Waals surface area contributed by atoms with Crippen molar-refractivity contribution in [3.63, 3.8) is 0 Å². The molecule has 0 saturated heterocycles. The molecule has 0 aromatic heterocycles. The molecule has 0 amide bonds. The number of hydrogen-bond acceptors (Lipinski definition) is 2. The molecule has 0 radical (unpaired) electrons. The van der Waals surface area contributed by atoms with Crippen LogP contribution in [-0.4, -0.2) is 18.1 Å². The Labute approximate surface area is 111 Å². The van der Waals surface area contributed by atoms with Gasteiger partial charge in [-0.2, -0.15) is 0 Å². The molecule has 1 aromatic carbocycles. The largest absolute Gasteiger partial charge is 0.328 e. The fourth-order valence-corrected chi connectivity index (χ4v) is 2.92. The Morgan fingerprint density at radius 3 is 2.56 bits per heavy atom. The van der Waals surface area contributed by atoms with E-state index in [1.807, 2.05) is 0 Å². The van der Waals surface area contributed by atoms with Gasteiger partial charge in [-0.1, -0.05) is 24.3 Å². The normalized spacial score (nSPS) is 25.9. The molecule has 0 spiro atoms. The molecule has 1 aliphatic rings. The van der Waals surface area contributed by atoms with E-state index in [0.717, 1.165) is 6.42 Å². The highest BCUT2D eigenvalue weighted by atomic mass is 14.9. The lowest BCUT2D eigenvalue weighted by Crippen LogP contribution is -2.42. The van der Waals surface area contributed by atoms with Gasteiger partial charge in [0.05, 0.1) is 0 Å². The van der Waals surface area contributed by atoms with Crippen LogP contribution in [0.2, 0.25) is 0 Å². The fourth-order valence-electron chi connectivity index (χ4n) is 2.92. The molecule has 3 N–H and O–H groups in total. The van der Waals surface area contributed by atoms with E-state index in [9.17, 15) is 0 Å². The van der Waals surface area contributed by atoms with E-state index in [0.29, 0.717) is 18.1 Å².